The number of thioether (sulfide) groups is 2. The number of amides is 1. The molecule has 122 valence electrons. The number of nitrogens with two attached hydrogens (primary N) is 1. The molecule has 0 spiro atoms. The molecule has 2 aliphatic heterocycles. The smallest absolute Gasteiger partial charge is 0.313 e. The molecule has 1 aromatic heterocycles. The summed E-state index contributed by atoms with van der Waals surface area (Å²) < 4.78 is 0. The molecule has 2 unspecified atom stereocenters. The van der Waals surface area contributed by atoms with Gasteiger partial charge in [-0.2, -0.15) is 0 Å². The lowest BCUT2D eigenvalue weighted by molar-refractivity contribution is -0.155. The van der Waals surface area contributed by atoms with Crippen molar-refractivity contribution in [3.05, 3.63) is 35.5 Å². The summed E-state index contributed by atoms with van der Waals surface area (Å²) in [5.41, 5.74) is 5.78. The van der Waals surface area contributed by atoms with Crippen molar-refractivity contribution in [3.63, 3.8) is 0 Å². The molecular formula is C15H17N3O3S2. The van der Waals surface area contributed by atoms with Gasteiger partial charge in [0.25, 0.3) is 0 Å². The van der Waals surface area contributed by atoms with Crippen LogP contribution in [0.15, 0.2) is 29.9 Å². The topological polar surface area (TPSA) is 96.5 Å². The van der Waals surface area contributed by atoms with Crippen molar-refractivity contribution in [2.75, 3.05) is 18.1 Å². The lowest BCUT2D eigenvalue weighted by atomic mass is 9.89. The second-order valence-corrected chi connectivity index (χ2v) is 7.68. The summed E-state index contributed by atoms with van der Waals surface area (Å²) in [6, 6.07) is 3.29. The number of carboxylic acids is 1. The summed E-state index contributed by atoms with van der Waals surface area (Å²) >= 11 is 2.91. The molecule has 2 saturated heterocycles. The average Bonchev–Trinajstić information content (AvgIpc) is 2.58. The molecule has 8 heteroatoms. The predicted molar refractivity (Wildman–Crippen MR) is 91.7 cm³/mol. The lowest BCUT2D eigenvalue weighted by Crippen LogP contribution is -2.72. The standard InChI is InChI=1S/C15H17N3O3S2/c16-11-12(19)18-7-15(14(20)21,9-23-13(11)18)8-22-5-3-10-2-1-4-17-6-10/h1-6,11,13H,7-9,16H2,(H,20,21)/t11?,13-,15?/m1/s1. The molecule has 0 saturated carbocycles. The molecule has 3 N–H and O–H groups in total. The van der Waals surface area contributed by atoms with E-state index < -0.39 is 17.4 Å². The largest absolute Gasteiger partial charge is 0.481 e. The van der Waals surface area contributed by atoms with E-state index in [0.29, 0.717) is 11.5 Å². The fourth-order valence-electron chi connectivity index (χ4n) is 2.62. The van der Waals surface area contributed by atoms with Crippen LogP contribution < -0.4 is 5.73 Å². The Morgan fingerprint density at radius 3 is 3.17 bits per heavy atom. The van der Waals surface area contributed by atoms with Crippen LogP contribution in [-0.4, -0.2) is 56.3 Å². The molecule has 2 aliphatic rings. The van der Waals surface area contributed by atoms with E-state index in [1.54, 1.807) is 17.3 Å². The van der Waals surface area contributed by atoms with E-state index in [2.05, 4.69) is 4.98 Å². The van der Waals surface area contributed by atoms with Gasteiger partial charge >= 0.3 is 5.97 Å². The summed E-state index contributed by atoms with van der Waals surface area (Å²) in [6.45, 7) is 0.236. The zero-order valence-electron chi connectivity index (χ0n) is 12.3. The quantitative estimate of drug-likeness (QED) is 0.767. The minimum Gasteiger partial charge on any atom is -0.481 e. The van der Waals surface area contributed by atoms with Gasteiger partial charge in [-0.3, -0.25) is 14.6 Å². The van der Waals surface area contributed by atoms with Gasteiger partial charge in [-0.05, 0) is 23.1 Å². The number of pyridine rings is 1. The number of aliphatic carboxylic acids is 1. The average molecular weight is 351 g/mol. The maximum atomic E-state index is 11.8. The van der Waals surface area contributed by atoms with Crippen molar-refractivity contribution < 1.29 is 14.7 Å². The minimum atomic E-state index is -0.930. The normalized spacial score (nSPS) is 30.1. The third-order valence-corrected chi connectivity index (χ3v) is 6.70. The van der Waals surface area contributed by atoms with Gasteiger partial charge in [-0.25, -0.2) is 0 Å². The number of hydrogen-bond donors (Lipinski definition) is 2. The van der Waals surface area contributed by atoms with Crippen LogP contribution in [0.25, 0.3) is 6.08 Å². The van der Waals surface area contributed by atoms with Gasteiger partial charge in [-0.1, -0.05) is 6.07 Å². The first-order valence-corrected chi connectivity index (χ1v) is 9.22. The molecular weight excluding hydrogens is 334 g/mol. The number of carbonyl (C=O) groups is 2. The van der Waals surface area contributed by atoms with Crippen LogP contribution in [0.2, 0.25) is 0 Å². The summed E-state index contributed by atoms with van der Waals surface area (Å²) in [5.74, 6) is -0.126. The van der Waals surface area contributed by atoms with Crippen LogP contribution in [0.4, 0.5) is 0 Å². The Balaban J connectivity index is 1.62. The highest BCUT2D eigenvalue weighted by Crippen LogP contribution is 2.43. The Morgan fingerprint density at radius 2 is 2.48 bits per heavy atom. The lowest BCUT2D eigenvalue weighted by Gasteiger charge is -2.52. The Morgan fingerprint density at radius 1 is 1.65 bits per heavy atom. The first-order valence-electron chi connectivity index (χ1n) is 7.13. The molecule has 0 aromatic carbocycles. The monoisotopic (exact) mass is 351 g/mol. The Labute approximate surface area is 142 Å². The molecule has 3 heterocycles. The van der Waals surface area contributed by atoms with Crippen LogP contribution >= 0.6 is 23.5 Å². The van der Waals surface area contributed by atoms with Crippen molar-refractivity contribution in [1.29, 1.82) is 0 Å². The second-order valence-electron chi connectivity index (χ2n) is 5.68. The fourth-order valence-corrected chi connectivity index (χ4v) is 5.22. The Bertz CT molecular complexity index is 640. The molecule has 6 nitrogen and oxygen atoms in total. The highest BCUT2D eigenvalue weighted by atomic mass is 32.2. The summed E-state index contributed by atoms with van der Waals surface area (Å²) in [5, 5.41) is 11.5. The van der Waals surface area contributed by atoms with Gasteiger partial charge in [0.2, 0.25) is 5.91 Å². The van der Waals surface area contributed by atoms with Crippen molar-refractivity contribution in [1.82, 2.24) is 9.88 Å². The van der Waals surface area contributed by atoms with E-state index in [1.165, 1.54) is 23.5 Å². The summed E-state index contributed by atoms with van der Waals surface area (Å²) in [6.07, 6.45) is 5.34. The SMILES string of the molecule is NC1C(=O)N2CC(CSC=Cc3cccnc3)(C(=O)O)CS[C@H]12. The van der Waals surface area contributed by atoms with E-state index in [9.17, 15) is 14.7 Å². The molecule has 0 bridgehead atoms. The number of hydrogen-bond acceptors (Lipinski definition) is 6. The van der Waals surface area contributed by atoms with Gasteiger partial charge in [0, 0.05) is 30.4 Å². The summed E-state index contributed by atoms with van der Waals surface area (Å²) in [7, 11) is 0. The van der Waals surface area contributed by atoms with Crippen molar-refractivity contribution in [2.45, 2.75) is 11.4 Å². The molecule has 1 amide bonds. The third kappa shape index (κ3) is 3.11. The predicted octanol–water partition coefficient (Wildman–Crippen LogP) is 1.10. The zero-order chi connectivity index (χ0) is 16.4. The Hall–Kier alpha value is -1.51. The molecule has 3 rings (SSSR count). The van der Waals surface area contributed by atoms with Crippen molar-refractivity contribution >= 4 is 41.5 Å². The van der Waals surface area contributed by atoms with Gasteiger partial charge in [0.05, 0.1) is 0 Å². The molecule has 23 heavy (non-hydrogen) atoms. The highest BCUT2D eigenvalue weighted by Gasteiger charge is 2.55. The third-order valence-electron chi connectivity index (χ3n) is 4.04. The van der Waals surface area contributed by atoms with Crippen LogP contribution in [-0.2, 0) is 9.59 Å². The molecule has 2 fully saturated rings. The highest BCUT2D eigenvalue weighted by molar-refractivity contribution is 8.02. The number of aromatic nitrogens is 1. The molecule has 3 atom stereocenters. The first-order chi connectivity index (χ1) is 11.0. The number of β-lactam (4-membered cyclic amide) rings is 1. The number of carboxylic acid groups (broad SMARTS) is 1. The number of rotatable bonds is 5. The van der Waals surface area contributed by atoms with Gasteiger partial charge < -0.3 is 15.7 Å². The second kappa shape index (κ2) is 6.54. The van der Waals surface area contributed by atoms with Crippen molar-refractivity contribution in [3.8, 4) is 0 Å². The number of nitrogens with zero attached hydrogens (tertiary/aromatic N) is 2. The first kappa shape index (κ1) is 16.4. The van der Waals surface area contributed by atoms with Crippen LogP contribution in [0, 0.1) is 5.41 Å². The van der Waals surface area contributed by atoms with Gasteiger partial charge in [0.15, 0.2) is 0 Å². The van der Waals surface area contributed by atoms with Crippen LogP contribution in [0.3, 0.4) is 0 Å². The number of carbonyl (C=O) groups excluding carboxylic acids is 1. The van der Waals surface area contributed by atoms with E-state index in [4.69, 9.17) is 5.73 Å². The van der Waals surface area contributed by atoms with E-state index in [1.807, 2.05) is 23.6 Å². The van der Waals surface area contributed by atoms with E-state index in [-0.39, 0.29) is 17.8 Å². The minimum absolute atomic E-state index is 0.0640. The maximum absolute atomic E-state index is 11.8. The van der Waals surface area contributed by atoms with Gasteiger partial charge in [-0.15, -0.1) is 23.5 Å². The Kier molecular flexibility index (Phi) is 4.65. The van der Waals surface area contributed by atoms with Crippen molar-refractivity contribution in [2.24, 2.45) is 11.1 Å². The maximum Gasteiger partial charge on any atom is 0.313 e. The summed E-state index contributed by atoms with van der Waals surface area (Å²) in [4.78, 5) is 29.2. The van der Waals surface area contributed by atoms with Gasteiger partial charge in [0.1, 0.15) is 16.8 Å². The van der Waals surface area contributed by atoms with Crippen LogP contribution in [0.1, 0.15) is 5.56 Å². The van der Waals surface area contributed by atoms with Crippen LogP contribution in [0.5, 0.6) is 0 Å². The van der Waals surface area contributed by atoms with E-state index in [0.717, 1.165) is 5.56 Å². The molecule has 0 aliphatic carbocycles. The zero-order valence-corrected chi connectivity index (χ0v) is 13.9. The fraction of sp³-hybridized carbons (Fsp3) is 0.400. The molecule has 1 aromatic rings. The van der Waals surface area contributed by atoms with E-state index >= 15 is 0 Å². The number of fused-ring (bicyclic) bond motifs is 1. The molecule has 0 radical (unpaired) electrons.